The molecule has 0 radical (unpaired) electrons. The number of nitrogens with zero attached hydrogens (tertiary/aromatic N) is 4. The van der Waals surface area contributed by atoms with E-state index in [9.17, 15) is 0 Å². The predicted octanol–water partition coefficient (Wildman–Crippen LogP) is 1.57. The van der Waals surface area contributed by atoms with Crippen molar-refractivity contribution in [2.75, 3.05) is 5.73 Å². The molecule has 2 N–H and O–H groups in total. The third-order valence-electron chi connectivity index (χ3n) is 2.91. The lowest BCUT2D eigenvalue weighted by Gasteiger charge is -2.05. The zero-order valence-corrected chi connectivity index (χ0v) is 9.09. The van der Waals surface area contributed by atoms with E-state index in [0.29, 0.717) is 6.04 Å². The first kappa shape index (κ1) is 9.33. The number of rotatable bonds is 2. The van der Waals surface area contributed by atoms with Crippen molar-refractivity contribution in [3.63, 3.8) is 0 Å². The van der Waals surface area contributed by atoms with Crippen molar-refractivity contribution in [3.05, 3.63) is 23.8 Å². The Kier molecular flexibility index (Phi) is 1.92. The highest BCUT2D eigenvalue weighted by Crippen LogP contribution is 2.36. The molecular weight excluding hydrogens is 202 g/mol. The van der Waals surface area contributed by atoms with Crippen molar-refractivity contribution >= 4 is 5.69 Å². The molecule has 5 nitrogen and oxygen atoms in total. The number of nitrogens with two attached hydrogens (primary N) is 1. The van der Waals surface area contributed by atoms with Gasteiger partial charge in [0.1, 0.15) is 0 Å². The highest BCUT2D eigenvalue weighted by Gasteiger charge is 2.28. The second-order valence-corrected chi connectivity index (χ2v) is 4.25. The third-order valence-corrected chi connectivity index (χ3v) is 2.91. The number of benzene rings is 1. The van der Waals surface area contributed by atoms with Crippen LogP contribution in [0.25, 0.3) is 11.4 Å². The van der Waals surface area contributed by atoms with Crippen LogP contribution >= 0.6 is 0 Å². The molecule has 1 aliphatic rings. The first-order chi connectivity index (χ1) is 7.75. The molecule has 0 saturated heterocycles. The summed E-state index contributed by atoms with van der Waals surface area (Å²) in [6.07, 6.45) is 2.35. The summed E-state index contributed by atoms with van der Waals surface area (Å²) in [6, 6.07) is 6.38. The van der Waals surface area contributed by atoms with E-state index in [1.807, 2.05) is 29.8 Å². The Bertz CT molecular complexity index is 527. The lowest BCUT2D eigenvalue weighted by Crippen LogP contribution is -2.00. The lowest BCUT2D eigenvalue weighted by molar-refractivity contribution is 0.615. The van der Waals surface area contributed by atoms with Crippen LogP contribution in [-0.4, -0.2) is 20.2 Å². The average Bonchev–Trinajstić information content (AvgIpc) is 3.01. The molecule has 5 heteroatoms. The SMILES string of the molecule is Cc1cc(-c2nnnn2C2CC2)ccc1N. The summed E-state index contributed by atoms with van der Waals surface area (Å²) < 4.78 is 1.91. The van der Waals surface area contributed by atoms with Gasteiger partial charge < -0.3 is 5.73 Å². The van der Waals surface area contributed by atoms with E-state index in [4.69, 9.17) is 5.73 Å². The highest BCUT2D eigenvalue weighted by molar-refractivity contribution is 5.62. The first-order valence-electron chi connectivity index (χ1n) is 5.40. The van der Waals surface area contributed by atoms with Gasteiger partial charge in [-0.3, -0.25) is 0 Å². The Morgan fingerprint density at radius 2 is 2.19 bits per heavy atom. The fourth-order valence-corrected chi connectivity index (χ4v) is 1.76. The molecule has 0 spiro atoms. The Morgan fingerprint density at radius 3 is 2.88 bits per heavy atom. The molecule has 82 valence electrons. The molecule has 1 heterocycles. The van der Waals surface area contributed by atoms with Gasteiger partial charge in [-0.25, -0.2) is 4.68 Å². The van der Waals surface area contributed by atoms with Crippen molar-refractivity contribution in [2.24, 2.45) is 0 Å². The molecule has 0 atom stereocenters. The summed E-state index contributed by atoms with van der Waals surface area (Å²) >= 11 is 0. The molecule has 0 unspecified atom stereocenters. The molecular formula is C11H13N5. The molecule has 3 rings (SSSR count). The summed E-state index contributed by atoms with van der Waals surface area (Å²) in [5, 5.41) is 11.9. The summed E-state index contributed by atoms with van der Waals surface area (Å²) in [5.41, 5.74) is 8.68. The van der Waals surface area contributed by atoms with Gasteiger partial charge in [-0.1, -0.05) is 0 Å². The van der Waals surface area contributed by atoms with Crippen LogP contribution in [0.15, 0.2) is 18.2 Å². The van der Waals surface area contributed by atoms with E-state index in [1.54, 1.807) is 0 Å². The van der Waals surface area contributed by atoms with E-state index < -0.39 is 0 Å². The average molecular weight is 215 g/mol. The van der Waals surface area contributed by atoms with Gasteiger partial charge in [-0.15, -0.1) is 5.10 Å². The predicted molar refractivity (Wildman–Crippen MR) is 60.7 cm³/mol. The van der Waals surface area contributed by atoms with E-state index >= 15 is 0 Å². The maximum absolute atomic E-state index is 5.79. The lowest BCUT2D eigenvalue weighted by atomic mass is 10.1. The van der Waals surface area contributed by atoms with Crippen molar-refractivity contribution in [2.45, 2.75) is 25.8 Å². The number of anilines is 1. The van der Waals surface area contributed by atoms with Crippen LogP contribution in [0.1, 0.15) is 24.4 Å². The van der Waals surface area contributed by atoms with Crippen molar-refractivity contribution in [3.8, 4) is 11.4 Å². The molecule has 1 aromatic carbocycles. The minimum Gasteiger partial charge on any atom is -0.399 e. The van der Waals surface area contributed by atoms with E-state index in [2.05, 4.69) is 15.5 Å². The number of nitrogen functional groups attached to an aromatic ring is 1. The summed E-state index contributed by atoms with van der Waals surface area (Å²) in [7, 11) is 0. The zero-order chi connectivity index (χ0) is 11.1. The van der Waals surface area contributed by atoms with Gasteiger partial charge >= 0.3 is 0 Å². The normalized spacial score (nSPS) is 15.3. The number of hydrogen-bond donors (Lipinski definition) is 1. The Balaban J connectivity index is 2.07. The van der Waals surface area contributed by atoms with Crippen molar-refractivity contribution in [1.29, 1.82) is 0 Å². The van der Waals surface area contributed by atoms with Gasteiger partial charge in [0.05, 0.1) is 6.04 Å². The molecule has 1 aliphatic carbocycles. The second-order valence-electron chi connectivity index (χ2n) is 4.25. The molecule has 0 bridgehead atoms. The molecule has 1 aromatic heterocycles. The van der Waals surface area contributed by atoms with Crippen molar-refractivity contribution in [1.82, 2.24) is 20.2 Å². The Labute approximate surface area is 93.3 Å². The minimum atomic E-state index is 0.489. The number of hydrogen-bond acceptors (Lipinski definition) is 4. The van der Waals surface area contributed by atoms with E-state index in [-0.39, 0.29) is 0 Å². The van der Waals surface area contributed by atoms with Gasteiger partial charge in [0, 0.05) is 11.3 Å². The molecule has 0 aliphatic heterocycles. The van der Waals surface area contributed by atoms with Crippen molar-refractivity contribution < 1.29 is 0 Å². The zero-order valence-electron chi connectivity index (χ0n) is 9.09. The molecule has 2 aromatic rings. The first-order valence-corrected chi connectivity index (χ1v) is 5.40. The van der Waals surface area contributed by atoms with Gasteiger partial charge in [0.25, 0.3) is 0 Å². The van der Waals surface area contributed by atoms with Crippen LogP contribution in [0.4, 0.5) is 5.69 Å². The van der Waals surface area contributed by atoms with Crippen LogP contribution < -0.4 is 5.73 Å². The topological polar surface area (TPSA) is 69.6 Å². The maximum Gasteiger partial charge on any atom is 0.182 e. The second kappa shape index (κ2) is 3.30. The Hall–Kier alpha value is -1.91. The number of aryl methyl sites for hydroxylation is 1. The standard InChI is InChI=1S/C11H13N5/c1-7-6-8(2-5-10(7)12)11-13-14-15-16(11)9-3-4-9/h2,5-6,9H,3-4,12H2,1H3. The fourth-order valence-electron chi connectivity index (χ4n) is 1.76. The van der Waals surface area contributed by atoms with Crippen LogP contribution in [0.3, 0.4) is 0 Å². The van der Waals surface area contributed by atoms with Gasteiger partial charge in [0.2, 0.25) is 0 Å². The molecule has 0 amide bonds. The van der Waals surface area contributed by atoms with Crippen LogP contribution in [0.5, 0.6) is 0 Å². The largest absolute Gasteiger partial charge is 0.399 e. The van der Waals surface area contributed by atoms with E-state index in [1.165, 1.54) is 12.8 Å². The van der Waals surface area contributed by atoms with Gasteiger partial charge in [0.15, 0.2) is 5.82 Å². The van der Waals surface area contributed by atoms with Crippen LogP contribution in [0.2, 0.25) is 0 Å². The quantitative estimate of drug-likeness (QED) is 0.772. The fraction of sp³-hybridized carbons (Fsp3) is 0.364. The number of tetrazole rings is 1. The van der Waals surface area contributed by atoms with Gasteiger partial charge in [-0.2, -0.15) is 0 Å². The highest BCUT2D eigenvalue weighted by atomic mass is 15.6. The summed E-state index contributed by atoms with van der Waals surface area (Å²) in [4.78, 5) is 0. The molecule has 16 heavy (non-hydrogen) atoms. The van der Waals surface area contributed by atoms with Crippen LogP contribution in [-0.2, 0) is 0 Å². The Morgan fingerprint density at radius 1 is 1.38 bits per heavy atom. The van der Waals surface area contributed by atoms with E-state index in [0.717, 1.165) is 22.6 Å². The van der Waals surface area contributed by atoms with Crippen LogP contribution in [0, 0.1) is 6.92 Å². The summed E-state index contributed by atoms with van der Waals surface area (Å²) in [5.74, 6) is 0.839. The number of aromatic nitrogens is 4. The minimum absolute atomic E-state index is 0.489. The summed E-state index contributed by atoms with van der Waals surface area (Å²) in [6.45, 7) is 1.99. The smallest absolute Gasteiger partial charge is 0.182 e. The third kappa shape index (κ3) is 1.44. The molecule has 1 fully saturated rings. The monoisotopic (exact) mass is 215 g/mol. The maximum atomic E-state index is 5.79. The van der Waals surface area contributed by atoms with Gasteiger partial charge in [-0.05, 0) is 54.0 Å². The molecule has 1 saturated carbocycles.